The van der Waals surface area contributed by atoms with Gasteiger partial charge in [0, 0.05) is 13.1 Å². The standard InChI is InChI=1S/C25H36N2O3/c1-5-27(6-2)15-16-30-21-11-9-19(10-12-21)25-22-18-24(29-8-4)23(28-7-3)17-20(22)13-14-26-25/h9-12,17-18,25-26H,5-8,13-16H2,1-4H3. The van der Waals surface area contributed by atoms with Crippen LogP contribution in [0.4, 0.5) is 0 Å². The van der Waals surface area contributed by atoms with E-state index in [9.17, 15) is 0 Å². The van der Waals surface area contributed by atoms with Gasteiger partial charge in [0.1, 0.15) is 12.4 Å². The molecule has 1 heterocycles. The van der Waals surface area contributed by atoms with E-state index >= 15 is 0 Å². The molecule has 1 aliphatic rings. The lowest BCUT2D eigenvalue weighted by Gasteiger charge is -2.29. The van der Waals surface area contributed by atoms with Gasteiger partial charge in [-0.2, -0.15) is 0 Å². The number of nitrogens with one attached hydrogen (secondary N) is 1. The van der Waals surface area contributed by atoms with Crippen molar-refractivity contribution in [2.45, 2.75) is 40.2 Å². The van der Waals surface area contributed by atoms with Gasteiger partial charge in [-0.25, -0.2) is 0 Å². The summed E-state index contributed by atoms with van der Waals surface area (Å²) in [5.41, 5.74) is 3.83. The second-order valence-corrected chi connectivity index (χ2v) is 7.45. The molecule has 1 unspecified atom stereocenters. The molecule has 0 amide bonds. The highest BCUT2D eigenvalue weighted by Crippen LogP contribution is 2.38. The molecule has 3 rings (SSSR count). The normalized spacial score (nSPS) is 15.7. The maximum absolute atomic E-state index is 5.95. The Morgan fingerprint density at radius 3 is 2.20 bits per heavy atom. The second-order valence-electron chi connectivity index (χ2n) is 7.45. The first kappa shape index (κ1) is 22.4. The van der Waals surface area contributed by atoms with Crippen LogP contribution in [0, 0.1) is 0 Å². The number of rotatable bonds is 11. The van der Waals surface area contributed by atoms with Crippen LogP contribution in [-0.4, -0.2) is 50.9 Å². The monoisotopic (exact) mass is 412 g/mol. The Kier molecular flexibility index (Phi) is 8.40. The lowest BCUT2D eigenvalue weighted by molar-refractivity contribution is 0.223. The van der Waals surface area contributed by atoms with E-state index in [2.05, 4.69) is 60.5 Å². The van der Waals surface area contributed by atoms with Gasteiger partial charge in [0.2, 0.25) is 0 Å². The zero-order valence-corrected chi connectivity index (χ0v) is 18.9. The molecular weight excluding hydrogens is 376 g/mol. The molecule has 0 spiro atoms. The predicted octanol–water partition coefficient (Wildman–Crippen LogP) is 4.44. The molecule has 30 heavy (non-hydrogen) atoms. The molecule has 164 valence electrons. The first-order valence-corrected chi connectivity index (χ1v) is 11.3. The highest BCUT2D eigenvalue weighted by molar-refractivity contribution is 5.52. The van der Waals surface area contributed by atoms with E-state index in [0.717, 1.165) is 49.8 Å². The minimum atomic E-state index is 0.147. The average Bonchev–Trinajstić information content (AvgIpc) is 2.77. The van der Waals surface area contributed by atoms with Crippen LogP contribution >= 0.6 is 0 Å². The van der Waals surface area contributed by atoms with Gasteiger partial charge in [-0.3, -0.25) is 0 Å². The molecule has 0 saturated heterocycles. The summed E-state index contributed by atoms with van der Waals surface area (Å²) in [5.74, 6) is 2.59. The summed E-state index contributed by atoms with van der Waals surface area (Å²) in [7, 11) is 0. The zero-order valence-electron chi connectivity index (χ0n) is 18.9. The van der Waals surface area contributed by atoms with Crippen LogP contribution in [0.5, 0.6) is 17.2 Å². The van der Waals surface area contributed by atoms with Crippen LogP contribution in [0.1, 0.15) is 50.4 Å². The van der Waals surface area contributed by atoms with E-state index in [1.165, 1.54) is 16.7 Å². The quantitative estimate of drug-likeness (QED) is 0.591. The molecule has 2 aromatic carbocycles. The molecule has 5 heteroatoms. The molecule has 1 N–H and O–H groups in total. The van der Waals surface area contributed by atoms with Crippen LogP contribution in [-0.2, 0) is 6.42 Å². The van der Waals surface area contributed by atoms with Crippen molar-refractivity contribution in [1.82, 2.24) is 10.2 Å². The zero-order chi connectivity index (χ0) is 21.3. The van der Waals surface area contributed by atoms with Crippen molar-refractivity contribution in [2.75, 3.05) is 46.0 Å². The van der Waals surface area contributed by atoms with Gasteiger partial charge < -0.3 is 24.4 Å². The van der Waals surface area contributed by atoms with E-state index in [4.69, 9.17) is 14.2 Å². The maximum Gasteiger partial charge on any atom is 0.161 e. The lowest BCUT2D eigenvalue weighted by atomic mass is 9.89. The van der Waals surface area contributed by atoms with Crippen molar-refractivity contribution in [3.63, 3.8) is 0 Å². The van der Waals surface area contributed by atoms with Crippen molar-refractivity contribution >= 4 is 0 Å². The number of hydrogen-bond donors (Lipinski definition) is 1. The first-order chi connectivity index (χ1) is 14.7. The third kappa shape index (κ3) is 5.46. The third-order valence-electron chi connectivity index (χ3n) is 5.64. The van der Waals surface area contributed by atoms with Gasteiger partial charge in [-0.1, -0.05) is 26.0 Å². The molecule has 5 nitrogen and oxygen atoms in total. The number of benzene rings is 2. The summed E-state index contributed by atoms with van der Waals surface area (Å²) in [4.78, 5) is 2.36. The van der Waals surface area contributed by atoms with Crippen molar-refractivity contribution in [2.24, 2.45) is 0 Å². The molecule has 0 aliphatic carbocycles. The van der Waals surface area contributed by atoms with Crippen molar-refractivity contribution in [3.8, 4) is 17.2 Å². The smallest absolute Gasteiger partial charge is 0.161 e. The number of hydrogen-bond acceptors (Lipinski definition) is 5. The summed E-state index contributed by atoms with van der Waals surface area (Å²) >= 11 is 0. The Labute approximate surface area is 181 Å². The highest BCUT2D eigenvalue weighted by atomic mass is 16.5. The molecule has 1 aliphatic heterocycles. The predicted molar refractivity (Wildman–Crippen MR) is 122 cm³/mol. The minimum Gasteiger partial charge on any atom is -0.492 e. The van der Waals surface area contributed by atoms with Crippen LogP contribution in [0.2, 0.25) is 0 Å². The van der Waals surface area contributed by atoms with Gasteiger partial charge in [0.25, 0.3) is 0 Å². The average molecular weight is 413 g/mol. The van der Waals surface area contributed by atoms with Crippen LogP contribution < -0.4 is 19.5 Å². The Bertz CT molecular complexity index is 788. The van der Waals surface area contributed by atoms with Gasteiger partial charge in [0.05, 0.1) is 19.3 Å². The van der Waals surface area contributed by atoms with Gasteiger partial charge in [-0.05, 0) is 74.3 Å². The van der Waals surface area contributed by atoms with Gasteiger partial charge in [-0.15, -0.1) is 0 Å². The Balaban J connectivity index is 1.75. The van der Waals surface area contributed by atoms with Crippen molar-refractivity contribution in [3.05, 3.63) is 53.1 Å². The summed E-state index contributed by atoms with van der Waals surface area (Å²) < 4.78 is 17.6. The number of nitrogens with zero attached hydrogens (tertiary/aromatic N) is 1. The molecule has 0 radical (unpaired) electrons. The summed E-state index contributed by atoms with van der Waals surface area (Å²) in [6, 6.07) is 12.9. The highest BCUT2D eigenvalue weighted by Gasteiger charge is 2.24. The SMILES string of the molecule is CCOc1cc2c(cc1OCC)C(c1ccc(OCCN(CC)CC)cc1)NCC2. The molecular formula is C25H36N2O3. The Morgan fingerprint density at radius 2 is 1.57 bits per heavy atom. The lowest BCUT2D eigenvalue weighted by Crippen LogP contribution is -2.30. The Morgan fingerprint density at radius 1 is 0.900 bits per heavy atom. The summed E-state index contributed by atoms with van der Waals surface area (Å²) in [5, 5.41) is 3.66. The second kappa shape index (κ2) is 11.2. The minimum absolute atomic E-state index is 0.147. The summed E-state index contributed by atoms with van der Waals surface area (Å²) in [6.45, 7) is 14.4. The van der Waals surface area contributed by atoms with E-state index in [0.29, 0.717) is 19.8 Å². The number of fused-ring (bicyclic) bond motifs is 1. The van der Waals surface area contributed by atoms with Crippen LogP contribution in [0.25, 0.3) is 0 Å². The van der Waals surface area contributed by atoms with E-state index < -0.39 is 0 Å². The van der Waals surface area contributed by atoms with Crippen molar-refractivity contribution in [1.29, 1.82) is 0 Å². The molecule has 1 atom stereocenters. The molecule has 0 saturated carbocycles. The fourth-order valence-corrected chi connectivity index (χ4v) is 3.99. The topological polar surface area (TPSA) is 43.0 Å². The van der Waals surface area contributed by atoms with Gasteiger partial charge >= 0.3 is 0 Å². The third-order valence-corrected chi connectivity index (χ3v) is 5.64. The number of likely N-dealkylation sites (N-methyl/N-ethyl adjacent to an activating group) is 1. The molecule has 0 aromatic heterocycles. The summed E-state index contributed by atoms with van der Waals surface area (Å²) in [6.07, 6.45) is 0.991. The molecule has 0 fully saturated rings. The van der Waals surface area contributed by atoms with E-state index in [-0.39, 0.29) is 6.04 Å². The van der Waals surface area contributed by atoms with Crippen molar-refractivity contribution < 1.29 is 14.2 Å². The van der Waals surface area contributed by atoms with Crippen LogP contribution in [0.15, 0.2) is 36.4 Å². The maximum atomic E-state index is 5.95. The van der Waals surface area contributed by atoms with Crippen LogP contribution in [0.3, 0.4) is 0 Å². The molecule has 2 aromatic rings. The molecule has 0 bridgehead atoms. The van der Waals surface area contributed by atoms with Gasteiger partial charge in [0.15, 0.2) is 11.5 Å². The Hall–Kier alpha value is -2.24. The first-order valence-electron chi connectivity index (χ1n) is 11.3. The fraction of sp³-hybridized carbons (Fsp3) is 0.520. The van der Waals surface area contributed by atoms with E-state index in [1.54, 1.807) is 0 Å². The fourth-order valence-electron chi connectivity index (χ4n) is 3.99. The number of ether oxygens (including phenoxy) is 3. The largest absolute Gasteiger partial charge is 0.492 e. The van der Waals surface area contributed by atoms with E-state index in [1.807, 2.05) is 13.8 Å².